The third kappa shape index (κ3) is 4.78. The van der Waals surface area contributed by atoms with E-state index in [4.69, 9.17) is 26.7 Å². The molecule has 2 N–H and O–H groups in total. The number of nitriles is 1. The van der Waals surface area contributed by atoms with Crippen molar-refractivity contribution in [1.29, 1.82) is 5.26 Å². The number of nitrogens with zero attached hydrogens (tertiary/aromatic N) is 1. The lowest BCUT2D eigenvalue weighted by Crippen LogP contribution is -2.13. The number of nitrogens with one attached hydrogen (secondary N) is 1. The van der Waals surface area contributed by atoms with E-state index >= 15 is 0 Å². The first-order valence-electron chi connectivity index (χ1n) is 6.75. The molecule has 0 saturated heterocycles. The maximum atomic E-state index is 13.2. The van der Waals surface area contributed by atoms with Crippen LogP contribution in [0.4, 0.5) is 18.9 Å². The highest BCUT2D eigenvalue weighted by molar-refractivity contribution is 6.30. The average Bonchev–Trinajstić information content (AvgIpc) is 2.53. The Morgan fingerprint density at radius 1 is 1.24 bits per heavy atom. The van der Waals surface area contributed by atoms with Crippen LogP contribution in [0.3, 0.4) is 0 Å². The summed E-state index contributed by atoms with van der Waals surface area (Å²) in [5.41, 5.74) is -1.14. The van der Waals surface area contributed by atoms with Gasteiger partial charge in [-0.3, -0.25) is 4.79 Å². The van der Waals surface area contributed by atoms with E-state index in [1.165, 1.54) is 24.3 Å². The number of hydrogen-bond acceptors (Lipinski definition) is 4. The highest BCUT2D eigenvalue weighted by atomic mass is 35.5. The van der Waals surface area contributed by atoms with Gasteiger partial charge in [0, 0.05) is 11.1 Å². The maximum Gasteiger partial charge on any atom is 0.420 e. The molecule has 9 heteroatoms. The molecule has 2 aromatic rings. The van der Waals surface area contributed by atoms with Gasteiger partial charge in [0.2, 0.25) is 0 Å². The molecule has 0 fully saturated rings. The highest BCUT2D eigenvalue weighted by Gasteiger charge is 2.35. The van der Waals surface area contributed by atoms with Crippen LogP contribution in [0, 0.1) is 11.3 Å². The van der Waals surface area contributed by atoms with Gasteiger partial charge in [-0.05, 0) is 30.3 Å². The fourth-order valence-corrected chi connectivity index (χ4v) is 2.09. The predicted molar refractivity (Wildman–Crippen MR) is 83.8 cm³/mol. The summed E-state index contributed by atoms with van der Waals surface area (Å²) < 4.78 is 44.9. The number of anilines is 1. The number of hydrogen-bond donors (Lipinski definition) is 2. The van der Waals surface area contributed by atoms with Crippen molar-refractivity contribution < 1.29 is 27.8 Å². The lowest BCUT2D eigenvalue weighted by Gasteiger charge is -2.16. The Morgan fingerprint density at radius 3 is 2.56 bits per heavy atom. The molecular weight excluding hydrogens is 361 g/mol. The van der Waals surface area contributed by atoms with Crippen LogP contribution in [0.5, 0.6) is 11.5 Å². The third-order valence-electron chi connectivity index (χ3n) is 3.01. The SMILES string of the molecule is N#Cc1ccc(Oc2cc(Cl)ccc2NCC(=O)O)c(C(F)(F)F)c1. The number of carboxylic acids is 1. The predicted octanol–water partition coefficient (Wildman–Crippen LogP) is 4.52. The van der Waals surface area contributed by atoms with Gasteiger partial charge in [-0.2, -0.15) is 18.4 Å². The molecule has 5 nitrogen and oxygen atoms in total. The molecule has 130 valence electrons. The topological polar surface area (TPSA) is 82.3 Å². The minimum atomic E-state index is -4.74. The Bertz CT molecular complexity index is 847. The zero-order valence-corrected chi connectivity index (χ0v) is 13.1. The van der Waals surface area contributed by atoms with Gasteiger partial charge in [-0.1, -0.05) is 11.6 Å². The molecule has 0 radical (unpaired) electrons. The number of rotatable bonds is 5. The molecular formula is C16H10ClF3N2O3. The molecule has 0 aliphatic rings. The van der Waals surface area contributed by atoms with Crippen LogP contribution in [0.2, 0.25) is 5.02 Å². The zero-order valence-electron chi connectivity index (χ0n) is 12.4. The largest absolute Gasteiger partial charge is 0.480 e. The second-order valence-electron chi connectivity index (χ2n) is 4.81. The van der Waals surface area contributed by atoms with E-state index in [0.29, 0.717) is 6.07 Å². The third-order valence-corrected chi connectivity index (χ3v) is 3.24. The summed E-state index contributed by atoms with van der Waals surface area (Å²) >= 11 is 5.83. The number of carboxylic acid groups (broad SMARTS) is 1. The fourth-order valence-electron chi connectivity index (χ4n) is 1.93. The molecule has 0 aliphatic carbocycles. The number of halogens is 4. The number of alkyl halides is 3. The van der Waals surface area contributed by atoms with Crippen LogP contribution < -0.4 is 10.1 Å². The van der Waals surface area contributed by atoms with Crippen molar-refractivity contribution in [3.05, 3.63) is 52.5 Å². The number of aliphatic carboxylic acids is 1. The van der Waals surface area contributed by atoms with Crippen molar-refractivity contribution in [3.63, 3.8) is 0 Å². The summed E-state index contributed by atoms with van der Waals surface area (Å²) in [6.07, 6.45) is -4.74. The van der Waals surface area contributed by atoms with Crippen LogP contribution in [-0.2, 0) is 11.0 Å². The Hall–Kier alpha value is -2.92. The summed E-state index contributed by atoms with van der Waals surface area (Å²) in [5, 5.41) is 20.2. The minimum Gasteiger partial charge on any atom is -0.480 e. The van der Waals surface area contributed by atoms with Gasteiger partial charge < -0.3 is 15.2 Å². The summed E-state index contributed by atoms with van der Waals surface area (Å²) in [5.74, 6) is -1.77. The van der Waals surface area contributed by atoms with E-state index in [9.17, 15) is 18.0 Å². The van der Waals surface area contributed by atoms with Gasteiger partial charge >= 0.3 is 12.1 Å². The van der Waals surface area contributed by atoms with Gasteiger partial charge in [-0.15, -0.1) is 0 Å². The van der Waals surface area contributed by atoms with Crippen molar-refractivity contribution >= 4 is 23.3 Å². The molecule has 0 aliphatic heterocycles. The van der Waals surface area contributed by atoms with Crippen molar-refractivity contribution in [2.24, 2.45) is 0 Å². The average molecular weight is 371 g/mol. The van der Waals surface area contributed by atoms with E-state index in [-0.39, 0.29) is 22.0 Å². The van der Waals surface area contributed by atoms with Crippen LogP contribution in [0.25, 0.3) is 0 Å². The van der Waals surface area contributed by atoms with E-state index in [1.807, 2.05) is 0 Å². The Balaban J connectivity index is 2.44. The molecule has 0 spiro atoms. The summed E-state index contributed by atoms with van der Waals surface area (Å²) in [4.78, 5) is 10.7. The van der Waals surface area contributed by atoms with Crippen molar-refractivity contribution in [2.75, 3.05) is 11.9 Å². The highest BCUT2D eigenvalue weighted by Crippen LogP contribution is 2.40. The number of carbonyl (C=O) groups is 1. The van der Waals surface area contributed by atoms with Gasteiger partial charge in [0.05, 0.1) is 22.9 Å². The van der Waals surface area contributed by atoms with Crippen molar-refractivity contribution in [1.82, 2.24) is 0 Å². The molecule has 0 atom stereocenters. The summed E-state index contributed by atoms with van der Waals surface area (Å²) in [6, 6.07) is 8.57. The lowest BCUT2D eigenvalue weighted by atomic mass is 10.1. The maximum absolute atomic E-state index is 13.2. The Kier molecular flexibility index (Phi) is 5.39. The fraction of sp³-hybridized carbons (Fsp3) is 0.125. The molecule has 0 aromatic heterocycles. The first-order chi connectivity index (χ1) is 11.7. The molecule has 0 bridgehead atoms. The monoisotopic (exact) mass is 370 g/mol. The standard InChI is InChI=1S/C16H10ClF3N2O3/c17-10-2-3-12(22-8-15(23)24)14(6-10)25-13-4-1-9(7-21)5-11(13)16(18,19)20/h1-6,22H,8H2,(H,23,24). The normalized spacial score (nSPS) is 10.8. The Morgan fingerprint density at radius 2 is 1.96 bits per heavy atom. The second kappa shape index (κ2) is 7.32. The molecule has 0 saturated carbocycles. The van der Waals surface area contributed by atoms with Crippen LogP contribution in [0.15, 0.2) is 36.4 Å². The van der Waals surface area contributed by atoms with Gasteiger partial charge in [0.25, 0.3) is 0 Å². The van der Waals surface area contributed by atoms with E-state index in [1.54, 1.807) is 6.07 Å². The van der Waals surface area contributed by atoms with Gasteiger partial charge in [0.1, 0.15) is 12.3 Å². The Labute approximate surface area is 145 Å². The minimum absolute atomic E-state index is 0.0797. The molecule has 0 amide bonds. The smallest absolute Gasteiger partial charge is 0.420 e. The van der Waals surface area contributed by atoms with E-state index in [2.05, 4.69) is 5.32 Å². The van der Waals surface area contributed by atoms with Crippen LogP contribution >= 0.6 is 11.6 Å². The van der Waals surface area contributed by atoms with Crippen molar-refractivity contribution in [2.45, 2.75) is 6.18 Å². The molecule has 2 rings (SSSR count). The van der Waals surface area contributed by atoms with Crippen LogP contribution in [-0.4, -0.2) is 17.6 Å². The summed E-state index contributed by atoms with van der Waals surface area (Å²) in [7, 11) is 0. The number of benzene rings is 2. The molecule has 0 unspecified atom stereocenters. The summed E-state index contributed by atoms with van der Waals surface area (Å²) in [6.45, 7) is -0.461. The first kappa shape index (κ1) is 18.4. The van der Waals surface area contributed by atoms with E-state index in [0.717, 1.165) is 6.07 Å². The van der Waals surface area contributed by atoms with Gasteiger partial charge in [-0.25, -0.2) is 0 Å². The van der Waals surface area contributed by atoms with Crippen LogP contribution in [0.1, 0.15) is 11.1 Å². The van der Waals surface area contributed by atoms with Gasteiger partial charge in [0.15, 0.2) is 5.75 Å². The van der Waals surface area contributed by atoms with E-state index < -0.39 is 30.0 Å². The number of ether oxygens (including phenoxy) is 1. The first-order valence-corrected chi connectivity index (χ1v) is 7.13. The molecule has 25 heavy (non-hydrogen) atoms. The van der Waals surface area contributed by atoms with Crippen molar-refractivity contribution in [3.8, 4) is 17.6 Å². The zero-order chi connectivity index (χ0) is 18.6. The molecule has 0 heterocycles. The quantitative estimate of drug-likeness (QED) is 0.808. The lowest BCUT2D eigenvalue weighted by molar-refractivity contribution is -0.138. The molecule has 2 aromatic carbocycles. The second-order valence-corrected chi connectivity index (χ2v) is 5.25.